The van der Waals surface area contributed by atoms with Crippen LogP contribution in [0, 0.1) is 0 Å². The van der Waals surface area contributed by atoms with Crippen molar-refractivity contribution in [3.05, 3.63) is 150 Å². The first-order valence-electron chi connectivity index (χ1n) is 14.2. The molecular formula is C37H47F2N. The van der Waals surface area contributed by atoms with E-state index in [4.69, 9.17) is 0 Å². The molecule has 0 amide bonds. The topological polar surface area (TPSA) is 12.0 Å². The Bertz CT molecular complexity index is 1200. The highest BCUT2D eigenvalue weighted by atomic mass is 19.3. The van der Waals surface area contributed by atoms with Gasteiger partial charge in [0.25, 0.3) is 5.92 Å². The number of halogens is 2. The van der Waals surface area contributed by atoms with Crippen LogP contribution >= 0.6 is 0 Å². The highest BCUT2D eigenvalue weighted by Crippen LogP contribution is 2.37. The molecule has 0 aromatic heterocycles. The van der Waals surface area contributed by atoms with Gasteiger partial charge in [0.15, 0.2) is 0 Å². The van der Waals surface area contributed by atoms with Crippen LogP contribution in [0.3, 0.4) is 0 Å². The molecule has 1 unspecified atom stereocenters. The van der Waals surface area contributed by atoms with Crippen molar-refractivity contribution in [1.82, 2.24) is 5.32 Å². The number of alkyl halides is 2. The van der Waals surface area contributed by atoms with E-state index in [1.54, 1.807) is 18.2 Å². The van der Waals surface area contributed by atoms with Crippen molar-refractivity contribution in [2.45, 2.75) is 72.4 Å². The minimum Gasteiger partial charge on any atom is -0.300 e. The summed E-state index contributed by atoms with van der Waals surface area (Å²) in [6, 6.07) is 25.1. The van der Waals surface area contributed by atoms with E-state index in [0.29, 0.717) is 13.0 Å². The lowest BCUT2D eigenvalue weighted by Gasteiger charge is -2.38. The molecule has 0 spiro atoms. The predicted octanol–water partition coefficient (Wildman–Crippen LogP) is 10.8. The molecule has 3 aromatic rings. The number of rotatable bonds is 11. The van der Waals surface area contributed by atoms with Crippen LogP contribution in [0.15, 0.2) is 122 Å². The normalized spacial score (nSPS) is 12.8. The van der Waals surface area contributed by atoms with E-state index in [1.165, 1.54) is 12.5 Å². The Morgan fingerprint density at radius 2 is 1.43 bits per heavy atom. The molecule has 1 nitrogen and oxygen atoms in total. The second kappa shape index (κ2) is 17.9. The molecule has 3 rings (SSSR count). The zero-order valence-electron chi connectivity index (χ0n) is 25.2. The van der Waals surface area contributed by atoms with E-state index >= 15 is 0 Å². The Labute approximate surface area is 242 Å². The minimum absolute atomic E-state index is 0.000920. The maximum Gasteiger partial charge on any atom is 0.270 e. The van der Waals surface area contributed by atoms with Gasteiger partial charge in [0.1, 0.15) is 0 Å². The molecule has 1 N–H and O–H groups in total. The quantitative estimate of drug-likeness (QED) is 0.237. The van der Waals surface area contributed by atoms with E-state index in [0.717, 1.165) is 34.8 Å². The third-order valence-electron chi connectivity index (χ3n) is 6.25. The monoisotopic (exact) mass is 543 g/mol. The van der Waals surface area contributed by atoms with Crippen LogP contribution in [0.1, 0.15) is 75.8 Å². The first-order chi connectivity index (χ1) is 19.2. The molecule has 0 aliphatic rings. The fraction of sp³-hybridized carbons (Fsp3) is 0.297. The molecule has 214 valence electrons. The van der Waals surface area contributed by atoms with E-state index in [9.17, 15) is 8.78 Å². The van der Waals surface area contributed by atoms with E-state index in [2.05, 4.69) is 56.6 Å². The summed E-state index contributed by atoms with van der Waals surface area (Å²) in [5.74, 6) is -2.94. The molecule has 0 saturated carbocycles. The third kappa shape index (κ3) is 10.5. The van der Waals surface area contributed by atoms with Gasteiger partial charge in [-0.2, -0.15) is 0 Å². The highest BCUT2D eigenvalue weighted by Gasteiger charge is 2.35. The number of allylic oxidation sites excluding steroid dienone is 4. The van der Waals surface area contributed by atoms with Crippen LogP contribution in [0.4, 0.5) is 8.78 Å². The second-order valence-electron chi connectivity index (χ2n) is 9.51. The predicted molar refractivity (Wildman–Crippen MR) is 172 cm³/mol. The first kappa shape index (κ1) is 34.5. The van der Waals surface area contributed by atoms with Crippen LogP contribution in [0.5, 0.6) is 0 Å². The molecule has 1 atom stereocenters. The Balaban J connectivity index is 0.00000150. The summed E-state index contributed by atoms with van der Waals surface area (Å²) in [6.45, 7) is 19.4. The van der Waals surface area contributed by atoms with Crippen molar-refractivity contribution in [3.63, 3.8) is 0 Å². The summed E-state index contributed by atoms with van der Waals surface area (Å²) in [4.78, 5) is 0. The molecule has 3 aromatic carbocycles. The fourth-order valence-corrected chi connectivity index (χ4v) is 4.18. The largest absolute Gasteiger partial charge is 0.300 e. The molecule has 0 saturated heterocycles. The highest BCUT2D eigenvalue weighted by molar-refractivity contribution is 5.47. The summed E-state index contributed by atoms with van der Waals surface area (Å²) in [7, 11) is 0. The van der Waals surface area contributed by atoms with Crippen LogP contribution < -0.4 is 5.32 Å². The van der Waals surface area contributed by atoms with E-state index in [-0.39, 0.29) is 5.56 Å². The average molecular weight is 544 g/mol. The molecular weight excluding hydrogens is 496 g/mol. The van der Waals surface area contributed by atoms with Gasteiger partial charge in [0.05, 0.1) is 5.54 Å². The van der Waals surface area contributed by atoms with Crippen molar-refractivity contribution in [1.29, 1.82) is 0 Å². The zero-order chi connectivity index (χ0) is 30.0. The van der Waals surface area contributed by atoms with Gasteiger partial charge < -0.3 is 0 Å². The Kier molecular flexibility index (Phi) is 15.4. The van der Waals surface area contributed by atoms with Gasteiger partial charge in [-0.05, 0) is 47.2 Å². The van der Waals surface area contributed by atoms with Crippen molar-refractivity contribution in [2.75, 3.05) is 0 Å². The standard InChI is InChI=1S/C32H33F2N.C3H8.C2H6/c1-5-7-9-13-25(3)32(23-27-14-10-8-11-15-27,30-17-12-16-29(22-30)31(4,33)34)35-24-28-20-18-26(6-2)19-21-28;1-3-2;1-2/h5-22,35H,1-2,23-24H2,3-4H3;3H2,1-2H3;1-2H3/b9-7-,25-13+;;. The summed E-state index contributed by atoms with van der Waals surface area (Å²) < 4.78 is 28.7. The fourth-order valence-electron chi connectivity index (χ4n) is 4.18. The molecule has 0 heterocycles. The maximum atomic E-state index is 14.4. The SMILES string of the molecule is C=C/C=C\C=C(/C)C(Cc1ccccc1)(NCc1ccc(C=C)cc1)c1cccc(C(C)(F)F)c1.CC.CCC. The second-order valence-corrected chi connectivity index (χ2v) is 9.51. The smallest absolute Gasteiger partial charge is 0.270 e. The summed E-state index contributed by atoms with van der Waals surface area (Å²) >= 11 is 0. The van der Waals surface area contributed by atoms with Crippen molar-refractivity contribution in [3.8, 4) is 0 Å². The third-order valence-corrected chi connectivity index (χ3v) is 6.25. The Hall–Kier alpha value is -3.56. The molecule has 0 aliphatic heterocycles. The van der Waals surface area contributed by atoms with Gasteiger partial charge >= 0.3 is 0 Å². The van der Waals surface area contributed by atoms with Crippen LogP contribution in [0.25, 0.3) is 6.08 Å². The molecule has 0 bridgehead atoms. The van der Waals surface area contributed by atoms with Crippen LogP contribution in [0.2, 0.25) is 0 Å². The summed E-state index contributed by atoms with van der Waals surface area (Å²) in [5, 5.41) is 3.76. The van der Waals surface area contributed by atoms with Crippen LogP contribution in [-0.2, 0) is 24.4 Å². The van der Waals surface area contributed by atoms with Gasteiger partial charge in [-0.25, -0.2) is 8.78 Å². The van der Waals surface area contributed by atoms with Gasteiger partial charge in [-0.15, -0.1) is 0 Å². The van der Waals surface area contributed by atoms with E-state index < -0.39 is 11.5 Å². The van der Waals surface area contributed by atoms with Gasteiger partial charge in [-0.3, -0.25) is 5.32 Å². The summed E-state index contributed by atoms with van der Waals surface area (Å²) in [5.41, 5.74) is 4.34. The summed E-state index contributed by atoms with van der Waals surface area (Å²) in [6.07, 6.45) is 11.2. The average Bonchev–Trinajstić information content (AvgIpc) is 2.97. The van der Waals surface area contributed by atoms with Crippen molar-refractivity contribution in [2.24, 2.45) is 0 Å². The lowest BCUT2D eigenvalue weighted by molar-refractivity contribution is 0.0173. The molecule has 40 heavy (non-hydrogen) atoms. The number of nitrogens with one attached hydrogen (secondary N) is 1. The Morgan fingerprint density at radius 1 is 0.825 bits per heavy atom. The molecule has 0 fully saturated rings. The van der Waals surface area contributed by atoms with Gasteiger partial charge in [-0.1, -0.05) is 150 Å². The number of hydrogen-bond donors (Lipinski definition) is 1. The lowest BCUT2D eigenvalue weighted by Crippen LogP contribution is -2.45. The van der Waals surface area contributed by atoms with Crippen LogP contribution in [-0.4, -0.2) is 0 Å². The van der Waals surface area contributed by atoms with Crippen molar-refractivity contribution < 1.29 is 8.78 Å². The Morgan fingerprint density at radius 3 is 1.98 bits per heavy atom. The first-order valence-corrected chi connectivity index (χ1v) is 14.2. The van der Waals surface area contributed by atoms with Gasteiger partial charge in [0.2, 0.25) is 0 Å². The molecule has 0 radical (unpaired) electrons. The lowest BCUT2D eigenvalue weighted by atomic mass is 9.77. The van der Waals surface area contributed by atoms with Gasteiger partial charge in [0, 0.05) is 19.0 Å². The maximum absolute atomic E-state index is 14.4. The molecule has 3 heteroatoms. The number of benzene rings is 3. The zero-order valence-corrected chi connectivity index (χ0v) is 25.2. The minimum atomic E-state index is -2.94. The van der Waals surface area contributed by atoms with E-state index in [1.807, 2.05) is 81.5 Å². The van der Waals surface area contributed by atoms with Crippen molar-refractivity contribution >= 4 is 6.08 Å². The number of hydrogen-bond acceptors (Lipinski definition) is 1. The molecule has 0 aliphatic carbocycles.